The summed E-state index contributed by atoms with van der Waals surface area (Å²) in [6.45, 7) is 7.50. The highest BCUT2D eigenvalue weighted by Crippen LogP contribution is 2.48. The van der Waals surface area contributed by atoms with Gasteiger partial charge in [0, 0.05) is 72.6 Å². The number of H-pyrrole nitrogens is 1. The number of aryl methyl sites for hydroxylation is 1. The molecule has 2 aromatic heterocycles. The largest absolute Gasteiger partial charge is 0.389 e. The number of hydrogen-bond donors (Lipinski definition) is 2. The normalized spacial score (nSPS) is 22.5. The SMILES string of the molecule is Cc1c(CN2CCC(N3C(CCC(F)(F)F)=CNC3(C)C3CC3)CC2)ccc2c1cc(C#N)n2Cc1cn[nH]c1. The number of aromatic amines is 1. The van der Waals surface area contributed by atoms with Gasteiger partial charge in [-0.3, -0.25) is 10.00 Å². The van der Waals surface area contributed by atoms with Crippen LogP contribution in [0.25, 0.3) is 10.9 Å². The Labute approximate surface area is 232 Å². The molecule has 212 valence electrons. The van der Waals surface area contributed by atoms with E-state index in [-0.39, 0.29) is 18.1 Å². The van der Waals surface area contributed by atoms with Gasteiger partial charge in [-0.15, -0.1) is 0 Å². The molecule has 2 aliphatic heterocycles. The number of rotatable bonds is 8. The molecule has 7 nitrogen and oxygen atoms in total. The second kappa shape index (κ2) is 10.2. The molecule has 1 saturated heterocycles. The summed E-state index contributed by atoms with van der Waals surface area (Å²) in [5.41, 5.74) is 5.64. The molecular formula is C30H36F3N7. The molecule has 1 aromatic carbocycles. The summed E-state index contributed by atoms with van der Waals surface area (Å²) in [4.78, 5) is 4.77. The molecule has 4 heterocycles. The molecule has 1 atom stereocenters. The minimum atomic E-state index is -4.15. The smallest absolute Gasteiger partial charge is 0.367 e. The Kier molecular flexibility index (Phi) is 6.81. The molecule has 0 amide bonds. The number of fused-ring (bicyclic) bond motifs is 1. The third-order valence-corrected chi connectivity index (χ3v) is 9.17. The van der Waals surface area contributed by atoms with Crippen molar-refractivity contribution in [1.29, 1.82) is 5.26 Å². The van der Waals surface area contributed by atoms with E-state index in [0.29, 0.717) is 18.2 Å². The van der Waals surface area contributed by atoms with Crippen LogP contribution in [0.15, 0.2) is 42.5 Å². The van der Waals surface area contributed by atoms with Crippen molar-refractivity contribution in [2.75, 3.05) is 13.1 Å². The van der Waals surface area contributed by atoms with E-state index in [4.69, 9.17) is 0 Å². The average Bonchev–Trinajstić information content (AvgIpc) is 3.40. The number of hydrogen-bond acceptors (Lipinski definition) is 5. The number of benzene rings is 1. The van der Waals surface area contributed by atoms with Crippen LogP contribution in [0.3, 0.4) is 0 Å². The van der Waals surface area contributed by atoms with E-state index in [1.54, 1.807) is 6.20 Å². The van der Waals surface area contributed by atoms with Crippen LogP contribution in [0.2, 0.25) is 0 Å². The van der Waals surface area contributed by atoms with E-state index in [9.17, 15) is 18.4 Å². The van der Waals surface area contributed by atoms with E-state index in [1.807, 2.05) is 23.0 Å². The zero-order valence-electron chi connectivity index (χ0n) is 23.1. The van der Waals surface area contributed by atoms with Crippen molar-refractivity contribution in [2.24, 2.45) is 5.92 Å². The van der Waals surface area contributed by atoms with Crippen LogP contribution in [0.1, 0.15) is 67.8 Å². The van der Waals surface area contributed by atoms with Gasteiger partial charge >= 0.3 is 6.18 Å². The molecular weight excluding hydrogens is 515 g/mol. The molecule has 0 bridgehead atoms. The minimum Gasteiger partial charge on any atom is -0.367 e. The molecule has 1 saturated carbocycles. The summed E-state index contributed by atoms with van der Waals surface area (Å²) in [5, 5.41) is 21.2. The minimum absolute atomic E-state index is 0.0309. The first-order valence-corrected chi connectivity index (χ1v) is 14.2. The second-order valence-electron chi connectivity index (χ2n) is 11.8. The van der Waals surface area contributed by atoms with Gasteiger partial charge in [0.25, 0.3) is 0 Å². The van der Waals surface area contributed by atoms with E-state index in [0.717, 1.165) is 67.5 Å². The topological polar surface area (TPSA) is 75.9 Å². The number of nitrogens with one attached hydrogen (secondary N) is 2. The highest BCUT2D eigenvalue weighted by molar-refractivity contribution is 5.86. The molecule has 3 aromatic rings. The molecule has 1 aliphatic carbocycles. The lowest BCUT2D eigenvalue weighted by molar-refractivity contribution is -0.135. The number of allylic oxidation sites excluding steroid dienone is 1. The van der Waals surface area contributed by atoms with Crippen molar-refractivity contribution >= 4 is 10.9 Å². The van der Waals surface area contributed by atoms with Crippen LogP contribution in [0.4, 0.5) is 13.2 Å². The van der Waals surface area contributed by atoms with E-state index >= 15 is 0 Å². The predicted molar refractivity (Wildman–Crippen MR) is 147 cm³/mol. The summed E-state index contributed by atoms with van der Waals surface area (Å²) >= 11 is 0. The van der Waals surface area contributed by atoms with Crippen LogP contribution in [0, 0.1) is 24.2 Å². The second-order valence-corrected chi connectivity index (χ2v) is 11.8. The average molecular weight is 552 g/mol. The number of halogens is 3. The molecule has 40 heavy (non-hydrogen) atoms. The molecule has 0 radical (unpaired) electrons. The Morgan fingerprint density at radius 2 is 1.93 bits per heavy atom. The lowest BCUT2D eigenvalue weighted by Crippen LogP contribution is -2.57. The quantitative estimate of drug-likeness (QED) is 0.372. The maximum Gasteiger partial charge on any atom is 0.389 e. The summed E-state index contributed by atoms with van der Waals surface area (Å²) in [7, 11) is 0. The number of piperidine rings is 1. The lowest BCUT2D eigenvalue weighted by Gasteiger charge is -2.47. The fourth-order valence-corrected chi connectivity index (χ4v) is 6.78. The lowest BCUT2D eigenvalue weighted by atomic mass is 9.95. The van der Waals surface area contributed by atoms with Crippen LogP contribution in [-0.2, 0) is 13.1 Å². The van der Waals surface area contributed by atoms with Gasteiger partial charge in [0.1, 0.15) is 17.4 Å². The zero-order chi connectivity index (χ0) is 28.1. The van der Waals surface area contributed by atoms with Gasteiger partial charge in [-0.2, -0.15) is 23.5 Å². The van der Waals surface area contributed by atoms with Crippen molar-refractivity contribution in [2.45, 2.75) is 83.3 Å². The molecule has 3 aliphatic rings. The van der Waals surface area contributed by atoms with Crippen molar-refractivity contribution < 1.29 is 13.2 Å². The van der Waals surface area contributed by atoms with Gasteiger partial charge in [-0.25, -0.2) is 0 Å². The molecule has 10 heteroatoms. The summed E-state index contributed by atoms with van der Waals surface area (Å²) in [6.07, 6.45) is 4.67. The van der Waals surface area contributed by atoms with E-state index in [1.165, 1.54) is 11.1 Å². The summed E-state index contributed by atoms with van der Waals surface area (Å²) in [6, 6.07) is 8.84. The highest BCUT2D eigenvalue weighted by Gasteiger charge is 2.51. The third kappa shape index (κ3) is 5.07. The number of nitriles is 1. The van der Waals surface area contributed by atoms with Crippen molar-refractivity contribution in [3.63, 3.8) is 0 Å². The Hall–Kier alpha value is -3.45. The number of nitrogens with zero attached hydrogens (tertiary/aromatic N) is 5. The van der Waals surface area contributed by atoms with Crippen LogP contribution < -0.4 is 5.32 Å². The first-order valence-electron chi connectivity index (χ1n) is 14.2. The molecule has 2 fully saturated rings. The van der Waals surface area contributed by atoms with Gasteiger partial charge in [-0.1, -0.05) is 6.07 Å². The van der Waals surface area contributed by atoms with Gasteiger partial charge in [0.05, 0.1) is 12.7 Å². The van der Waals surface area contributed by atoms with Crippen molar-refractivity contribution in [3.8, 4) is 6.07 Å². The van der Waals surface area contributed by atoms with Gasteiger partial charge < -0.3 is 14.8 Å². The van der Waals surface area contributed by atoms with Gasteiger partial charge in [-0.05, 0) is 69.2 Å². The third-order valence-electron chi connectivity index (χ3n) is 9.17. The van der Waals surface area contributed by atoms with E-state index in [2.05, 4.69) is 57.4 Å². The first kappa shape index (κ1) is 26.8. The zero-order valence-corrected chi connectivity index (χ0v) is 23.1. The summed E-state index contributed by atoms with van der Waals surface area (Å²) < 4.78 is 41.2. The fourth-order valence-electron chi connectivity index (χ4n) is 6.78. The summed E-state index contributed by atoms with van der Waals surface area (Å²) in [5.74, 6) is 0.485. The molecule has 0 spiro atoms. The van der Waals surface area contributed by atoms with Crippen LogP contribution >= 0.6 is 0 Å². The Morgan fingerprint density at radius 3 is 2.58 bits per heavy atom. The van der Waals surface area contributed by atoms with Crippen molar-refractivity contribution in [3.05, 3.63) is 64.9 Å². The fraction of sp³-hybridized carbons (Fsp3) is 0.533. The highest BCUT2D eigenvalue weighted by atomic mass is 19.4. The Morgan fingerprint density at radius 1 is 1.15 bits per heavy atom. The number of alkyl halides is 3. The standard InChI is InChI=1S/C30H36F3N7/c1-20-22(3-6-28-27(20)13-26(14-34)39(28)18-21-15-36-37-16-21)19-38-11-8-24(9-12-38)40-25(7-10-30(31,32)33)17-35-29(40,2)23-4-5-23/h3,6,13,15-17,23-24,35H,4-5,7-12,18-19H2,1-2H3,(H,36,37). The monoisotopic (exact) mass is 551 g/mol. The Bertz CT molecular complexity index is 1440. The van der Waals surface area contributed by atoms with Gasteiger partial charge in [0.15, 0.2) is 0 Å². The maximum atomic E-state index is 13.1. The van der Waals surface area contributed by atoms with Crippen LogP contribution in [-0.4, -0.2) is 55.5 Å². The van der Waals surface area contributed by atoms with Gasteiger partial charge in [0.2, 0.25) is 0 Å². The van der Waals surface area contributed by atoms with E-state index < -0.39 is 12.6 Å². The maximum absolute atomic E-state index is 13.1. The van der Waals surface area contributed by atoms with Crippen molar-refractivity contribution in [1.82, 2.24) is 29.9 Å². The number of likely N-dealkylation sites (tertiary alicyclic amines) is 1. The molecule has 1 unspecified atom stereocenters. The molecule has 2 N–H and O–H groups in total. The molecule has 6 rings (SSSR count). The number of aromatic nitrogens is 3. The predicted octanol–water partition coefficient (Wildman–Crippen LogP) is 5.77. The van der Waals surface area contributed by atoms with Crippen LogP contribution in [0.5, 0.6) is 0 Å². The Balaban J connectivity index is 1.15. The first-order chi connectivity index (χ1) is 19.2.